The highest BCUT2D eigenvalue weighted by Crippen LogP contribution is 2.14. The minimum Gasteiger partial charge on any atom is -0.383 e. The van der Waals surface area contributed by atoms with Crippen LogP contribution in [0, 0.1) is 0 Å². The first-order chi connectivity index (χ1) is 9.85. The molecule has 20 heavy (non-hydrogen) atoms. The summed E-state index contributed by atoms with van der Waals surface area (Å²) < 4.78 is 5.34. The van der Waals surface area contributed by atoms with E-state index in [0.29, 0.717) is 6.04 Å². The van der Waals surface area contributed by atoms with Crippen LogP contribution in [0.2, 0.25) is 0 Å². The molecular formula is C14H25N5O. The fourth-order valence-electron chi connectivity index (χ4n) is 2.66. The molecule has 0 aliphatic carbocycles. The first-order valence-corrected chi connectivity index (χ1v) is 7.30. The lowest BCUT2D eigenvalue weighted by atomic mass is 10.1. The van der Waals surface area contributed by atoms with Crippen LogP contribution in [0.1, 0.15) is 12.8 Å². The van der Waals surface area contributed by atoms with Crippen LogP contribution < -0.4 is 10.6 Å². The van der Waals surface area contributed by atoms with Crippen LogP contribution in [0.15, 0.2) is 18.5 Å². The van der Waals surface area contributed by atoms with Crippen LogP contribution in [0.5, 0.6) is 0 Å². The van der Waals surface area contributed by atoms with Gasteiger partial charge in [0.05, 0.1) is 6.61 Å². The Balaban J connectivity index is 1.85. The fraction of sp³-hybridized carbons (Fsp3) is 0.714. The molecule has 0 spiro atoms. The molecule has 1 aromatic rings. The zero-order chi connectivity index (χ0) is 14.2. The van der Waals surface area contributed by atoms with E-state index in [0.717, 1.165) is 58.1 Å². The zero-order valence-electron chi connectivity index (χ0n) is 12.2. The molecule has 1 atom stereocenters. The Morgan fingerprint density at radius 1 is 1.25 bits per heavy atom. The Bertz CT molecular complexity index is 367. The standard InChI is InChI=1S/C14H25N5O/c1-20-12-13(4-2-5-15)18-8-10-19(11-9-18)14-16-6-3-7-17-14/h3,6-7,13H,2,4-5,8-12,15H2,1H3. The van der Waals surface area contributed by atoms with Crippen LogP contribution >= 0.6 is 0 Å². The number of piperazine rings is 1. The summed E-state index contributed by atoms with van der Waals surface area (Å²) in [7, 11) is 1.77. The smallest absolute Gasteiger partial charge is 0.225 e. The quantitative estimate of drug-likeness (QED) is 0.777. The summed E-state index contributed by atoms with van der Waals surface area (Å²) in [6, 6.07) is 2.32. The second-order valence-electron chi connectivity index (χ2n) is 5.11. The van der Waals surface area contributed by atoms with Crippen molar-refractivity contribution in [3.8, 4) is 0 Å². The molecule has 1 unspecified atom stereocenters. The topological polar surface area (TPSA) is 67.5 Å². The highest BCUT2D eigenvalue weighted by molar-refractivity contribution is 5.29. The van der Waals surface area contributed by atoms with Gasteiger partial charge in [0.2, 0.25) is 5.95 Å². The van der Waals surface area contributed by atoms with Gasteiger partial charge in [0.25, 0.3) is 0 Å². The van der Waals surface area contributed by atoms with Crippen molar-refractivity contribution in [2.24, 2.45) is 5.73 Å². The molecule has 1 aromatic heterocycles. The van der Waals surface area contributed by atoms with Crippen LogP contribution in [-0.4, -0.2) is 67.4 Å². The van der Waals surface area contributed by atoms with Gasteiger partial charge in [-0.25, -0.2) is 9.97 Å². The monoisotopic (exact) mass is 279 g/mol. The number of aromatic nitrogens is 2. The molecule has 1 aliphatic rings. The van der Waals surface area contributed by atoms with Gasteiger partial charge in [-0.3, -0.25) is 4.90 Å². The normalized spacial score (nSPS) is 18.2. The second-order valence-corrected chi connectivity index (χ2v) is 5.11. The Morgan fingerprint density at radius 3 is 2.55 bits per heavy atom. The lowest BCUT2D eigenvalue weighted by Gasteiger charge is -2.39. The molecule has 6 nitrogen and oxygen atoms in total. The minimum atomic E-state index is 0.474. The Kier molecular flexibility index (Phi) is 6.17. The van der Waals surface area contributed by atoms with Gasteiger partial charge < -0.3 is 15.4 Å². The van der Waals surface area contributed by atoms with Crippen molar-refractivity contribution in [1.29, 1.82) is 0 Å². The molecule has 1 fully saturated rings. The van der Waals surface area contributed by atoms with E-state index in [1.165, 1.54) is 0 Å². The summed E-state index contributed by atoms with van der Waals surface area (Å²) in [5.74, 6) is 0.831. The summed E-state index contributed by atoms with van der Waals surface area (Å²) in [6.07, 6.45) is 5.75. The van der Waals surface area contributed by atoms with Crippen molar-refractivity contribution >= 4 is 5.95 Å². The van der Waals surface area contributed by atoms with Crippen molar-refractivity contribution in [2.75, 3.05) is 51.3 Å². The largest absolute Gasteiger partial charge is 0.383 e. The van der Waals surface area contributed by atoms with Gasteiger partial charge in [-0.2, -0.15) is 0 Å². The van der Waals surface area contributed by atoms with Gasteiger partial charge in [0.15, 0.2) is 0 Å². The number of ether oxygens (including phenoxy) is 1. The highest BCUT2D eigenvalue weighted by Gasteiger charge is 2.24. The summed E-state index contributed by atoms with van der Waals surface area (Å²) in [5, 5.41) is 0. The fourth-order valence-corrected chi connectivity index (χ4v) is 2.66. The third kappa shape index (κ3) is 4.13. The maximum absolute atomic E-state index is 5.62. The van der Waals surface area contributed by atoms with E-state index >= 15 is 0 Å². The first-order valence-electron chi connectivity index (χ1n) is 7.30. The van der Waals surface area contributed by atoms with Gasteiger partial charge in [0.1, 0.15) is 0 Å². The van der Waals surface area contributed by atoms with Gasteiger partial charge in [-0.1, -0.05) is 0 Å². The van der Waals surface area contributed by atoms with Gasteiger partial charge in [0, 0.05) is 51.7 Å². The zero-order valence-corrected chi connectivity index (χ0v) is 12.2. The van der Waals surface area contributed by atoms with E-state index in [-0.39, 0.29) is 0 Å². The lowest BCUT2D eigenvalue weighted by Crippen LogP contribution is -2.52. The molecule has 6 heteroatoms. The molecule has 0 radical (unpaired) electrons. The van der Waals surface area contributed by atoms with E-state index in [1.807, 2.05) is 6.07 Å². The molecule has 2 heterocycles. The Labute approximate surface area is 120 Å². The van der Waals surface area contributed by atoms with Crippen LogP contribution in [0.3, 0.4) is 0 Å². The van der Waals surface area contributed by atoms with E-state index in [9.17, 15) is 0 Å². The maximum Gasteiger partial charge on any atom is 0.225 e. The van der Waals surface area contributed by atoms with Crippen LogP contribution in [0.25, 0.3) is 0 Å². The van der Waals surface area contributed by atoms with Gasteiger partial charge in [-0.15, -0.1) is 0 Å². The number of rotatable bonds is 7. The van der Waals surface area contributed by atoms with Crippen molar-refractivity contribution in [1.82, 2.24) is 14.9 Å². The molecule has 2 N–H and O–H groups in total. The molecule has 1 aliphatic heterocycles. The van der Waals surface area contributed by atoms with Crippen LogP contribution in [0.4, 0.5) is 5.95 Å². The van der Waals surface area contributed by atoms with E-state index in [1.54, 1.807) is 19.5 Å². The predicted octanol–water partition coefficient (Wildman–Crippen LogP) is 0.353. The number of hydrogen-bond donors (Lipinski definition) is 1. The summed E-state index contributed by atoms with van der Waals surface area (Å²) in [5.41, 5.74) is 5.62. The highest BCUT2D eigenvalue weighted by atomic mass is 16.5. The molecule has 0 amide bonds. The Morgan fingerprint density at radius 2 is 1.95 bits per heavy atom. The number of methoxy groups -OCH3 is 1. The maximum atomic E-state index is 5.62. The molecule has 0 saturated carbocycles. The summed E-state index contributed by atoms with van der Waals surface area (Å²) in [6.45, 7) is 5.51. The van der Waals surface area contributed by atoms with Crippen LogP contribution in [-0.2, 0) is 4.74 Å². The van der Waals surface area contributed by atoms with E-state index < -0.39 is 0 Å². The molecule has 0 bridgehead atoms. The first kappa shape index (κ1) is 15.2. The van der Waals surface area contributed by atoms with E-state index in [4.69, 9.17) is 10.5 Å². The van der Waals surface area contributed by atoms with Crippen molar-refractivity contribution < 1.29 is 4.74 Å². The average molecular weight is 279 g/mol. The SMILES string of the molecule is COCC(CCCN)N1CCN(c2ncccn2)CC1. The van der Waals surface area contributed by atoms with E-state index in [2.05, 4.69) is 19.8 Å². The molecule has 112 valence electrons. The summed E-state index contributed by atoms with van der Waals surface area (Å²) >= 11 is 0. The average Bonchev–Trinajstić information content (AvgIpc) is 2.52. The number of nitrogens with two attached hydrogens (primary N) is 1. The molecule has 0 aromatic carbocycles. The molecule has 2 rings (SSSR count). The molecule has 1 saturated heterocycles. The van der Waals surface area contributed by atoms with Crippen molar-refractivity contribution in [3.63, 3.8) is 0 Å². The minimum absolute atomic E-state index is 0.474. The Hall–Kier alpha value is -1.24. The molecular weight excluding hydrogens is 254 g/mol. The second kappa shape index (κ2) is 8.14. The lowest BCUT2D eigenvalue weighted by molar-refractivity contribution is 0.0799. The number of hydrogen-bond acceptors (Lipinski definition) is 6. The third-order valence-electron chi connectivity index (χ3n) is 3.77. The van der Waals surface area contributed by atoms with Gasteiger partial charge >= 0.3 is 0 Å². The van der Waals surface area contributed by atoms with Gasteiger partial charge in [-0.05, 0) is 25.5 Å². The summed E-state index contributed by atoms with van der Waals surface area (Å²) in [4.78, 5) is 13.4. The number of anilines is 1. The number of nitrogens with zero attached hydrogens (tertiary/aromatic N) is 4. The van der Waals surface area contributed by atoms with Crippen molar-refractivity contribution in [2.45, 2.75) is 18.9 Å². The van der Waals surface area contributed by atoms with Crippen molar-refractivity contribution in [3.05, 3.63) is 18.5 Å². The third-order valence-corrected chi connectivity index (χ3v) is 3.77. The predicted molar refractivity (Wildman–Crippen MR) is 79.8 cm³/mol.